The average Bonchev–Trinajstić information content (AvgIpc) is 2.84. The van der Waals surface area contributed by atoms with Crippen LogP contribution in [0.25, 0.3) is 11.0 Å². The van der Waals surface area contributed by atoms with Crippen LogP contribution < -0.4 is 5.32 Å². The van der Waals surface area contributed by atoms with E-state index in [-0.39, 0.29) is 12.2 Å². The van der Waals surface area contributed by atoms with E-state index in [2.05, 4.69) is 15.3 Å². The lowest BCUT2D eigenvalue weighted by atomic mass is 10.1. The highest BCUT2D eigenvalue weighted by molar-refractivity contribution is 5.86. The number of nitrogens with zero attached hydrogens (tertiary/aromatic N) is 3. The number of piperidine rings is 1. The maximum atomic E-state index is 12.0. The minimum absolute atomic E-state index is 0.00182. The molecule has 1 aliphatic rings. The molecule has 2 aromatic heterocycles. The van der Waals surface area contributed by atoms with Gasteiger partial charge in [-0.1, -0.05) is 0 Å². The van der Waals surface area contributed by atoms with Gasteiger partial charge in [0.1, 0.15) is 12.4 Å². The Kier molecular flexibility index (Phi) is 2.93. The molecule has 3 heterocycles. The zero-order valence-corrected chi connectivity index (χ0v) is 9.87. The van der Waals surface area contributed by atoms with Crippen molar-refractivity contribution < 1.29 is 9.53 Å². The first-order valence-corrected chi connectivity index (χ1v) is 6.03. The monoisotopic (exact) mass is 246 g/mol. The van der Waals surface area contributed by atoms with Gasteiger partial charge in [-0.15, -0.1) is 0 Å². The molecule has 1 aliphatic heterocycles. The van der Waals surface area contributed by atoms with E-state index >= 15 is 0 Å². The summed E-state index contributed by atoms with van der Waals surface area (Å²) in [5.41, 5.74) is 0.587. The minimum atomic E-state index is -0.365. The Morgan fingerprint density at radius 1 is 1.44 bits per heavy atom. The molecular formula is C12H14N4O2. The Hall–Kier alpha value is -1.95. The van der Waals surface area contributed by atoms with Crippen LogP contribution in [0.3, 0.4) is 0 Å². The van der Waals surface area contributed by atoms with Gasteiger partial charge in [0, 0.05) is 17.8 Å². The van der Waals surface area contributed by atoms with Crippen molar-refractivity contribution in [2.24, 2.45) is 0 Å². The molecule has 6 heteroatoms. The van der Waals surface area contributed by atoms with E-state index in [1.54, 1.807) is 18.5 Å². The lowest BCUT2D eigenvalue weighted by molar-refractivity contribution is 0.0812. The van der Waals surface area contributed by atoms with Crippen LogP contribution in [0, 0.1) is 0 Å². The summed E-state index contributed by atoms with van der Waals surface area (Å²) < 4.78 is 6.90. The summed E-state index contributed by atoms with van der Waals surface area (Å²) in [7, 11) is 0. The second-order valence-corrected chi connectivity index (χ2v) is 4.32. The molecule has 0 unspecified atom stereocenters. The molecule has 94 valence electrons. The number of aromatic nitrogens is 3. The molecule has 3 rings (SSSR count). The predicted molar refractivity (Wildman–Crippen MR) is 65.3 cm³/mol. The van der Waals surface area contributed by atoms with E-state index in [9.17, 15) is 4.79 Å². The molecular weight excluding hydrogens is 232 g/mol. The molecule has 1 N–H and O–H groups in total. The highest BCUT2D eigenvalue weighted by Gasteiger charge is 2.19. The number of nitrogens with one attached hydrogen (secondary N) is 1. The number of rotatable bonds is 1. The second-order valence-electron chi connectivity index (χ2n) is 4.32. The maximum Gasteiger partial charge on any atom is 0.419 e. The second kappa shape index (κ2) is 4.73. The maximum absolute atomic E-state index is 12.0. The molecule has 0 amide bonds. The third-order valence-electron chi connectivity index (χ3n) is 3.10. The van der Waals surface area contributed by atoms with Crippen molar-refractivity contribution in [2.75, 3.05) is 13.1 Å². The molecule has 0 aromatic carbocycles. The first-order valence-electron chi connectivity index (χ1n) is 6.03. The highest BCUT2D eigenvalue weighted by Crippen LogP contribution is 2.14. The smallest absolute Gasteiger partial charge is 0.419 e. The first kappa shape index (κ1) is 11.2. The topological polar surface area (TPSA) is 69.0 Å². The summed E-state index contributed by atoms with van der Waals surface area (Å²) in [6.45, 7) is 1.79. The fourth-order valence-electron chi connectivity index (χ4n) is 2.14. The first-order chi connectivity index (χ1) is 8.84. The van der Waals surface area contributed by atoms with E-state index < -0.39 is 0 Å². The molecule has 0 radical (unpaired) electrons. The van der Waals surface area contributed by atoms with Crippen molar-refractivity contribution in [3.8, 4) is 0 Å². The Labute approximate surface area is 104 Å². The van der Waals surface area contributed by atoms with Gasteiger partial charge >= 0.3 is 6.09 Å². The molecule has 0 spiro atoms. The zero-order valence-electron chi connectivity index (χ0n) is 9.87. The van der Waals surface area contributed by atoms with E-state index in [1.807, 2.05) is 0 Å². The van der Waals surface area contributed by atoms with Gasteiger partial charge in [0.25, 0.3) is 0 Å². The Balaban J connectivity index is 1.79. The summed E-state index contributed by atoms with van der Waals surface area (Å²) in [6.07, 6.45) is 6.13. The van der Waals surface area contributed by atoms with Crippen molar-refractivity contribution in [3.63, 3.8) is 0 Å². The predicted octanol–water partition coefficient (Wildman–Crippen LogP) is 1.17. The summed E-state index contributed by atoms with van der Waals surface area (Å²) >= 11 is 0. The quantitative estimate of drug-likeness (QED) is 0.818. The summed E-state index contributed by atoms with van der Waals surface area (Å²) in [4.78, 5) is 20.1. The van der Waals surface area contributed by atoms with Gasteiger partial charge in [-0.05, 0) is 32.0 Å². The molecule has 2 aromatic rings. The van der Waals surface area contributed by atoms with Crippen molar-refractivity contribution in [2.45, 2.75) is 18.9 Å². The Morgan fingerprint density at radius 3 is 3.11 bits per heavy atom. The van der Waals surface area contributed by atoms with Crippen LogP contribution in [0.4, 0.5) is 4.79 Å². The van der Waals surface area contributed by atoms with Gasteiger partial charge in [-0.2, -0.15) is 0 Å². The standard InChI is InChI=1S/C12H14N4O2/c17-12(18-10-1-4-13-5-2-10)16-6-3-9-7-14-8-15-11(9)16/h3,6-8,10,13H,1-2,4-5H2. The molecule has 0 atom stereocenters. The molecule has 0 bridgehead atoms. The highest BCUT2D eigenvalue weighted by atomic mass is 16.6. The van der Waals surface area contributed by atoms with Gasteiger partial charge in [0.15, 0.2) is 5.65 Å². The minimum Gasteiger partial charge on any atom is -0.445 e. The van der Waals surface area contributed by atoms with Crippen molar-refractivity contribution in [3.05, 3.63) is 24.8 Å². The number of carbonyl (C=O) groups is 1. The van der Waals surface area contributed by atoms with Crippen molar-refractivity contribution in [1.29, 1.82) is 0 Å². The molecule has 1 saturated heterocycles. The number of hydrogen-bond donors (Lipinski definition) is 1. The number of fused-ring (bicyclic) bond motifs is 1. The van der Waals surface area contributed by atoms with Gasteiger partial charge in [0.2, 0.25) is 0 Å². The van der Waals surface area contributed by atoms with Gasteiger partial charge < -0.3 is 10.1 Å². The fraction of sp³-hybridized carbons (Fsp3) is 0.417. The largest absolute Gasteiger partial charge is 0.445 e. The lowest BCUT2D eigenvalue weighted by Gasteiger charge is -2.22. The summed E-state index contributed by atoms with van der Waals surface area (Å²) in [5, 5.41) is 4.07. The summed E-state index contributed by atoms with van der Waals surface area (Å²) in [6, 6.07) is 1.80. The van der Waals surface area contributed by atoms with Crippen LogP contribution in [0.1, 0.15) is 12.8 Å². The fourth-order valence-corrected chi connectivity index (χ4v) is 2.14. The van der Waals surface area contributed by atoms with Crippen LogP contribution in [-0.2, 0) is 4.74 Å². The molecule has 0 saturated carbocycles. The van der Waals surface area contributed by atoms with Crippen LogP contribution in [0.5, 0.6) is 0 Å². The number of ether oxygens (including phenoxy) is 1. The molecule has 6 nitrogen and oxygen atoms in total. The zero-order chi connectivity index (χ0) is 12.4. The average molecular weight is 246 g/mol. The SMILES string of the molecule is O=C(OC1CCNCC1)n1ccc2cncnc21. The van der Waals surface area contributed by atoms with Crippen LogP contribution in [0.2, 0.25) is 0 Å². The van der Waals surface area contributed by atoms with E-state index in [0.717, 1.165) is 31.3 Å². The molecule has 1 fully saturated rings. The third-order valence-corrected chi connectivity index (χ3v) is 3.10. The van der Waals surface area contributed by atoms with Crippen LogP contribution in [-0.4, -0.2) is 39.8 Å². The van der Waals surface area contributed by atoms with E-state index in [4.69, 9.17) is 4.74 Å². The van der Waals surface area contributed by atoms with Gasteiger partial charge in [0.05, 0.1) is 0 Å². The number of carbonyl (C=O) groups excluding carboxylic acids is 1. The van der Waals surface area contributed by atoms with Crippen molar-refractivity contribution in [1.82, 2.24) is 19.9 Å². The summed E-state index contributed by atoms with van der Waals surface area (Å²) in [5.74, 6) is 0. The molecule has 18 heavy (non-hydrogen) atoms. The van der Waals surface area contributed by atoms with Crippen LogP contribution in [0.15, 0.2) is 24.8 Å². The third kappa shape index (κ3) is 2.06. The Morgan fingerprint density at radius 2 is 2.28 bits per heavy atom. The van der Waals surface area contributed by atoms with Crippen LogP contribution >= 0.6 is 0 Å². The number of hydrogen-bond acceptors (Lipinski definition) is 5. The lowest BCUT2D eigenvalue weighted by Crippen LogP contribution is -2.34. The van der Waals surface area contributed by atoms with Crippen molar-refractivity contribution >= 4 is 17.1 Å². The molecule has 0 aliphatic carbocycles. The Bertz CT molecular complexity index is 560. The van der Waals surface area contributed by atoms with E-state index in [0.29, 0.717) is 5.65 Å². The van der Waals surface area contributed by atoms with Gasteiger partial charge in [-0.3, -0.25) is 0 Å². The van der Waals surface area contributed by atoms with Gasteiger partial charge in [-0.25, -0.2) is 19.3 Å². The van der Waals surface area contributed by atoms with E-state index in [1.165, 1.54) is 10.9 Å². The normalized spacial score (nSPS) is 16.9.